The summed E-state index contributed by atoms with van der Waals surface area (Å²) in [5.41, 5.74) is 5.86. The monoisotopic (exact) mass is 398 g/mol. The van der Waals surface area contributed by atoms with Crippen molar-refractivity contribution in [1.29, 1.82) is 0 Å². The van der Waals surface area contributed by atoms with Crippen molar-refractivity contribution in [3.63, 3.8) is 0 Å². The summed E-state index contributed by atoms with van der Waals surface area (Å²) in [7, 11) is 0. The van der Waals surface area contributed by atoms with Gasteiger partial charge in [0.05, 0.1) is 12.1 Å². The zero-order valence-corrected chi connectivity index (χ0v) is 18.5. The summed E-state index contributed by atoms with van der Waals surface area (Å²) < 4.78 is 2.57. The normalized spacial score (nSPS) is 20.4. The fraction of sp³-hybridized carbons (Fsp3) is 0.667. The molecular formula is C24H38N4O. The quantitative estimate of drug-likeness (QED) is 0.638. The molecule has 1 aromatic heterocycles. The number of likely N-dealkylation sites (N-methyl/N-ethyl adjacent to an activating group) is 1. The third kappa shape index (κ3) is 4.24. The van der Waals surface area contributed by atoms with E-state index in [4.69, 9.17) is 0 Å². The second-order valence-corrected chi connectivity index (χ2v) is 8.82. The van der Waals surface area contributed by atoms with Gasteiger partial charge in [-0.25, -0.2) is 0 Å². The van der Waals surface area contributed by atoms with Crippen LogP contribution in [0.5, 0.6) is 0 Å². The van der Waals surface area contributed by atoms with E-state index in [-0.39, 0.29) is 6.10 Å². The molecule has 2 heterocycles. The predicted molar refractivity (Wildman–Crippen MR) is 121 cm³/mol. The lowest BCUT2D eigenvalue weighted by Crippen LogP contribution is -2.46. The topological polar surface area (TPSA) is 43.7 Å². The van der Waals surface area contributed by atoms with E-state index in [1.165, 1.54) is 41.4 Å². The number of β-amino-alcohol motifs (C(OH)–C–C–N with tert-alkyl or cyclic N) is 1. The third-order valence-electron chi connectivity index (χ3n) is 6.96. The molecule has 0 saturated carbocycles. The van der Waals surface area contributed by atoms with Crippen LogP contribution in [-0.2, 0) is 13.0 Å². The number of fused-ring (bicyclic) bond motifs is 3. The van der Waals surface area contributed by atoms with Crippen molar-refractivity contribution in [2.24, 2.45) is 0 Å². The van der Waals surface area contributed by atoms with Crippen LogP contribution in [0.3, 0.4) is 0 Å². The van der Waals surface area contributed by atoms with Crippen molar-refractivity contribution in [3.8, 4) is 0 Å². The Kier molecular flexibility index (Phi) is 6.60. The van der Waals surface area contributed by atoms with Crippen LogP contribution < -0.4 is 5.32 Å². The van der Waals surface area contributed by atoms with Gasteiger partial charge in [0.1, 0.15) is 0 Å². The van der Waals surface area contributed by atoms with E-state index >= 15 is 0 Å². The maximum atomic E-state index is 10.7. The Morgan fingerprint density at radius 3 is 2.86 bits per heavy atom. The highest BCUT2D eigenvalue weighted by Gasteiger charge is 2.35. The molecule has 0 amide bonds. The molecule has 0 bridgehead atoms. The van der Waals surface area contributed by atoms with Crippen LogP contribution >= 0.6 is 0 Å². The molecule has 2 aromatic rings. The summed E-state index contributed by atoms with van der Waals surface area (Å²) in [5, 5.41) is 15.6. The fourth-order valence-corrected chi connectivity index (χ4v) is 5.39. The van der Waals surface area contributed by atoms with Gasteiger partial charge < -0.3 is 19.9 Å². The predicted octanol–water partition coefficient (Wildman–Crippen LogP) is 2.94. The molecule has 2 atom stereocenters. The SMILES string of the molecule is CCN(CC)CCNC[C@H](O)CN1CCn2c3c(c4cc(C)ccc42)CCC[C@H]31. The molecule has 2 N–H and O–H groups in total. The number of aromatic nitrogens is 1. The lowest BCUT2D eigenvalue weighted by molar-refractivity contribution is 0.0638. The molecular weight excluding hydrogens is 360 g/mol. The van der Waals surface area contributed by atoms with E-state index in [1.54, 1.807) is 5.56 Å². The summed E-state index contributed by atoms with van der Waals surface area (Å²) in [4.78, 5) is 4.95. The molecule has 4 rings (SSSR count). The maximum Gasteiger partial charge on any atom is 0.0791 e. The van der Waals surface area contributed by atoms with Crippen LogP contribution in [-0.4, -0.2) is 71.4 Å². The first-order chi connectivity index (χ1) is 14.1. The van der Waals surface area contributed by atoms with Gasteiger partial charge in [-0.2, -0.15) is 0 Å². The van der Waals surface area contributed by atoms with Gasteiger partial charge >= 0.3 is 0 Å². The largest absolute Gasteiger partial charge is 0.390 e. The fourth-order valence-electron chi connectivity index (χ4n) is 5.39. The average Bonchev–Trinajstić information content (AvgIpc) is 3.05. The molecule has 1 aliphatic heterocycles. The van der Waals surface area contributed by atoms with Crippen LogP contribution in [0.15, 0.2) is 18.2 Å². The summed E-state index contributed by atoms with van der Waals surface area (Å²) in [6, 6.07) is 7.39. The minimum Gasteiger partial charge on any atom is -0.390 e. The Morgan fingerprint density at radius 1 is 1.24 bits per heavy atom. The van der Waals surface area contributed by atoms with Crippen molar-refractivity contribution >= 4 is 10.9 Å². The van der Waals surface area contributed by atoms with Gasteiger partial charge in [-0.15, -0.1) is 0 Å². The Balaban J connectivity index is 1.41. The van der Waals surface area contributed by atoms with Gasteiger partial charge in [-0.1, -0.05) is 25.5 Å². The molecule has 5 heteroatoms. The Hall–Kier alpha value is -1.40. The number of aryl methyl sites for hydroxylation is 2. The summed E-state index contributed by atoms with van der Waals surface area (Å²) >= 11 is 0. The molecule has 1 aliphatic carbocycles. The van der Waals surface area contributed by atoms with E-state index < -0.39 is 0 Å². The van der Waals surface area contributed by atoms with Crippen molar-refractivity contribution in [1.82, 2.24) is 19.7 Å². The second kappa shape index (κ2) is 9.17. The number of aliphatic hydroxyl groups excluding tert-OH is 1. The standard InChI is InChI=1S/C24H38N4O/c1-4-26(5-2)12-11-25-16-19(29)17-27-13-14-28-22-10-9-18(3)15-21(22)20-7-6-8-23(27)24(20)28/h9-10,15,19,23,25,29H,4-8,11-14,16-17H2,1-3H3/t19-,23+/m0/s1. The molecule has 2 aliphatic rings. The number of hydrogen-bond donors (Lipinski definition) is 2. The van der Waals surface area contributed by atoms with E-state index in [0.29, 0.717) is 12.6 Å². The van der Waals surface area contributed by atoms with Crippen LogP contribution in [0.25, 0.3) is 10.9 Å². The smallest absolute Gasteiger partial charge is 0.0791 e. The van der Waals surface area contributed by atoms with E-state index in [2.05, 4.69) is 58.7 Å². The molecule has 0 unspecified atom stereocenters. The molecule has 0 spiro atoms. The highest BCUT2D eigenvalue weighted by atomic mass is 16.3. The molecule has 160 valence electrons. The number of rotatable bonds is 9. The number of aliphatic hydroxyl groups is 1. The van der Waals surface area contributed by atoms with Crippen LogP contribution in [0.1, 0.15) is 49.6 Å². The molecule has 0 saturated heterocycles. The summed E-state index contributed by atoms with van der Waals surface area (Å²) in [6.07, 6.45) is 3.35. The van der Waals surface area contributed by atoms with Gasteiger partial charge in [0, 0.05) is 55.9 Å². The average molecular weight is 399 g/mol. The Labute approximate surface area is 175 Å². The first-order valence-corrected chi connectivity index (χ1v) is 11.6. The van der Waals surface area contributed by atoms with Crippen molar-refractivity contribution in [3.05, 3.63) is 35.0 Å². The first-order valence-electron chi connectivity index (χ1n) is 11.6. The van der Waals surface area contributed by atoms with Gasteiger partial charge in [-0.05, 0) is 57.0 Å². The third-order valence-corrected chi connectivity index (χ3v) is 6.96. The van der Waals surface area contributed by atoms with Crippen molar-refractivity contribution in [2.45, 2.75) is 58.7 Å². The van der Waals surface area contributed by atoms with Crippen molar-refractivity contribution < 1.29 is 5.11 Å². The molecule has 5 nitrogen and oxygen atoms in total. The minimum atomic E-state index is -0.310. The van der Waals surface area contributed by atoms with Gasteiger partial charge in [0.25, 0.3) is 0 Å². The highest BCUT2D eigenvalue weighted by molar-refractivity contribution is 5.87. The summed E-state index contributed by atoms with van der Waals surface area (Å²) in [5.74, 6) is 0. The Morgan fingerprint density at radius 2 is 2.07 bits per heavy atom. The summed E-state index contributed by atoms with van der Waals surface area (Å²) in [6.45, 7) is 14.3. The van der Waals surface area contributed by atoms with E-state index in [1.807, 2.05) is 0 Å². The Bertz CT molecular complexity index is 826. The molecule has 0 fully saturated rings. The van der Waals surface area contributed by atoms with Gasteiger partial charge in [0.2, 0.25) is 0 Å². The molecule has 29 heavy (non-hydrogen) atoms. The van der Waals surface area contributed by atoms with Crippen LogP contribution in [0.2, 0.25) is 0 Å². The number of nitrogens with zero attached hydrogens (tertiary/aromatic N) is 3. The van der Waals surface area contributed by atoms with Crippen molar-refractivity contribution in [2.75, 3.05) is 45.8 Å². The zero-order chi connectivity index (χ0) is 20.4. The first kappa shape index (κ1) is 20.9. The maximum absolute atomic E-state index is 10.7. The zero-order valence-electron chi connectivity index (χ0n) is 18.5. The van der Waals surface area contributed by atoms with E-state index in [0.717, 1.165) is 45.8 Å². The molecule has 1 aromatic carbocycles. The van der Waals surface area contributed by atoms with Crippen LogP contribution in [0, 0.1) is 6.92 Å². The number of benzene rings is 1. The van der Waals surface area contributed by atoms with Gasteiger partial charge in [0.15, 0.2) is 0 Å². The van der Waals surface area contributed by atoms with E-state index in [9.17, 15) is 5.11 Å². The number of nitrogens with one attached hydrogen (secondary N) is 1. The number of hydrogen-bond acceptors (Lipinski definition) is 4. The second-order valence-electron chi connectivity index (χ2n) is 8.82. The highest BCUT2D eigenvalue weighted by Crippen LogP contribution is 2.42. The van der Waals surface area contributed by atoms with Gasteiger partial charge in [-0.3, -0.25) is 4.90 Å². The lowest BCUT2D eigenvalue weighted by Gasteiger charge is -2.40. The minimum absolute atomic E-state index is 0.310. The molecule has 0 radical (unpaired) electrons. The lowest BCUT2D eigenvalue weighted by atomic mass is 9.89. The van der Waals surface area contributed by atoms with Crippen LogP contribution in [0.4, 0.5) is 0 Å².